The van der Waals surface area contributed by atoms with E-state index in [0.29, 0.717) is 6.04 Å². The molecule has 0 unspecified atom stereocenters. The van der Waals surface area contributed by atoms with Gasteiger partial charge in [-0.2, -0.15) is 0 Å². The minimum atomic E-state index is -0.165. The molecule has 1 aliphatic carbocycles. The molecule has 100 valence electrons. The van der Waals surface area contributed by atoms with Gasteiger partial charge in [0.25, 0.3) is 0 Å². The molecular formula is C15H23NO2. The van der Waals surface area contributed by atoms with E-state index in [9.17, 15) is 5.11 Å². The van der Waals surface area contributed by atoms with Crippen LogP contribution in [0, 0.1) is 0 Å². The summed E-state index contributed by atoms with van der Waals surface area (Å²) >= 11 is 0. The Labute approximate surface area is 109 Å². The molecule has 1 aromatic carbocycles. The average Bonchev–Trinajstić information content (AvgIpc) is 2.40. The van der Waals surface area contributed by atoms with Gasteiger partial charge in [0.15, 0.2) is 0 Å². The van der Waals surface area contributed by atoms with Crippen LogP contribution in [0.2, 0.25) is 0 Å². The van der Waals surface area contributed by atoms with Crippen molar-refractivity contribution in [3.8, 4) is 5.75 Å². The number of hydrogen-bond donors (Lipinski definition) is 1. The summed E-state index contributed by atoms with van der Waals surface area (Å²) < 4.78 is 5.15. The van der Waals surface area contributed by atoms with Crippen LogP contribution in [-0.4, -0.2) is 36.3 Å². The summed E-state index contributed by atoms with van der Waals surface area (Å²) in [6, 6.07) is 8.46. The number of hydrogen-bond acceptors (Lipinski definition) is 3. The van der Waals surface area contributed by atoms with Gasteiger partial charge in [-0.3, -0.25) is 4.90 Å². The van der Waals surface area contributed by atoms with Crippen LogP contribution in [0.15, 0.2) is 24.3 Å². The largest absolute Gasteiger partial charge is 0.497 e. The van der Waals surface area contributed by atoms with Crippen LogP contribution < -0.4 is 4.74 Å². The predicted octanol–water partition coefficient (Wildman–Crippen LogP) is 2.43. The van der Waals surface area contributed by atoms with Crippen molar-refractivity contribution < 1.29 is 9.84 Å². The Balaban J connectivity index is 1.94. The molecule has 1 N–H and O–H groups in total. The maximum atomic E-state index is 10.0. The summed E-state index contributed by atoms with van der Waals surface area (Å²) in [5.74, 6) is 0.888. The lowest BCUT2D eigenvalue weighted by Gasteiger charge is -2.35. The van der Waals surface area contributed by atoms with Gasteiger partial charge in [-0.05, 0) is 37.6 Å². The van der Waals surface area contributed by atoms with Crippen LogP contribution in [0.1, 0.15) is 31.2 Å². The molecule has 0 amide bonds. The monoisotopic (exact) mass is 249 g/mol. The lowest BCUT2D eigenvalue weighted by molar-refractivity contribution is 0.0288. The Morgan fingerprint density at radius 3 is 2.50 bits per heavy atom. The summed E-state index contributed by atoms with van der Waals surface area (Å²) in [6.45, 7) is 0.881. The first-order chi connectivity index (χ1) is 8.70. The molecule has 1 aromatic rings. The smallest absolute Gasteiger partial charge is 0.118 e. The molecule has 18 heavy (non-hydrogen) atoms. The average molecular weight is 249 g/mol. The quantitative estimate of drug-likeness (QED) is 0.889. The number of rotatable bonds is 4. The van der Waals surface area contributed by atoms with E-state index in [1.807, 2.05) is 12.1 Å². The lowest BCUT2D eigenvalue weighted by Crippen LogP contribution is -2.42. The zero-order valence-corrected chi connectivity index (χ0v) is 11.3. The Morgan fingerprint density at radius 1 is 1.22 bits per heavy atom. The topological polar surface area (TPSA) is 32.7 Å². The SMILES string of the molecule is COc1ccc(CN(C)[C@@H]2CCCC[C@H]2O)cc1. The molecule has 0 bridgehead atoms. The molecule has 0 aliphatic heterocycles. The van der Waals surface area contributed by atoms with Crippen molar-refractivity contribution in [3.63, 3.8) is 0 Å². The number of aliphatic hydroxyl groups excluding tert-OH is 1. The first kappa shape index (κ1) is 13.4. The van der Waals surface area contributed by atoms with Crippen LogP contribution >= 0.6 is 0 Å². The molecule has 2 rings (SSSR count). The van der Waals surface area contributed by atoms with E-state index in [2.05, 4.69) is 24.1 Å². The highest BCUT2D eigenvalue weighted by Gasteiger charge is 2.26. The fourth-order valence-corrected chi connectivity index (χ4v) is 2.74. The Kier molecular flexibility index (Phi) is 4.61. The van der Waals surface area contributed by atoms with Gasteiger partial charge in [0.1, 0.15) is 5.75 Å². The summed E-state index contributed by atoms with van der Waals surface area (Å²) in [5.41, 5.74) is 1.26. The van der Waals surface area contributed by atoms with E-state index in [1.54, 1.807) is 7.11 Å². The lowest BCUT2D eigenvalue weighted by atomic mass is 9.91. The number of likely N-dealkylation sites (N-methyl/N-ethyl adjacent to an activating group) is 1. The highest BCUT2D eigenvalue weighted by atomic mass is 16.5. The molecule has 3 nitrogen and oxygen atoms in total. The standard InChI is InChI=1S/C15H23NO2/c1-16(14-5-3-4-6-15(14)17)11-12-7-9-13(18-2)10-8-12/h7-10,14-15,17H,3-6,11H2,1-2H3/t14-,15-/m1/s1. The first-order valence-corrected chi connectivity index (χ1v) is 6.72. The number of methoxy groups -OCH3 is 1. The van der Waals surface area contributed by atoms with Crippen molar-refractivity contribution in [2.45, 2.75) is 44.4 Å². The van der Waals surface area contributed by atoms with Crippen molar-refractivity contribution >= 4 is 0 Å². The molecule has 1 aliphatic rings. The third-order valence-electron chi connectivity index (χ3n) is 3.85. The summed E-state index contributed by atoms with van der Waals surface area (Å²) in [4.78, 5) is 2.27. The summed E-state index contributed by atoms with van der Waals surface area (Å²) in [5, 5.41) is 10.0. The molecule has 1 fully saturated rings. The zero-order chi connectivity index (χ0) is 13.0. The van der Waals surface area contributed by atoms with Crippen LogP contribution in [0.25, 0.3) is 0 Å². The second kappa shape index (κ2) is 6.21. The molecule has 0 saturated heterocycles. The minimum absolute atomic E-state index is 0.165. The molecular weight excluding hydrogens is 226 g/mol. The molecule has 0 radical (unpaired) electrons. The zero-order valence-electron chi connectivity index (χ0n) is 11.3. The number of benzene rings is 1. The van der Waals surface area contributed by atoms with E-state index < -0.39 is 0 Å². The van der Waals surface area contributed by atoms with Crippen molar-refractivity contribution in [2.75, 3.05) is 14.2 Å². The van der Waals surface area contributed by atoms with Gasteiger partial charge in [-0.15, -0.1) is 0 Å². The van der Waals surface area contributed by atoms with Crippen molar-refractivity contribution in [1.29, 1.82) is 0 Å². The van der Waals surface area contributed by atoms with E-state index in [-0.39, 0.29) is 6.10 Å². The Bertz CT molecular complexity index is 363. The maximum Gasteiger partial charge on any atom is 0.118 e. The Morgan fingerprint density at radius 2 is 1.89 bits per heavy atom. The number of ether oxygens (including phenoxy) is 1. The molecule has 1 saturated carbocycles. The Hall–Kier alpha value is -1.06. The third-order valence-corrected chi connectivity index (χ3v) is 3.85. The van der Waals surface area contributed by atoms with Crippen LogP contribution in [0.5, 0.6) is 5.75 Å². The maximum absolute atomic E-state index is 10.0. The first-order valence-electron chi connectivity index (χ1n) is 6.72. The fourth-order valence-electron chi connectivity index (χ4n) is 2.74. The van der Waals surface area contributed by atoms with Crippen LogP contribution in [-0.2, 0) is 6.54 Å². The van der Waals surface area contributed by atoms with E-state index in [4.69, 9.17) is 4.74 Å². The van der Waals surface area contributed by atoms with Gasteiger partial charge < -0.3 is 9.84 Å². The van der Waals surface area contributed by atoms with E-state index in [0.717, 1.165) is 31.6 Å². The van der Waals surface area contributed by atoms with Gasteiger partial charge in [0.05, 0.1) is 13.2 Å². The third kappa shape index (κ3) is 3.24. The van der Waals surface area contributed by atoms with E-state index in [1.165, 1.54) is 12.0 Å². The molecule has 0 spiro atoms. The van der Waals surface area contributed by atoms with Gasteiger partial charge in [-0.1, -0.05) is 25.0 Å². The van der Waals surface area contributed by atoms with Gasteiger partial charge in [0, 0.05) is 12.6 Å². The van der Waals surface area contributed by atoms with Gasteiger partial charge >= 0.3 is 0 Å². The number of nitrogens with zero attached hydrogens (tertiary/aromatic N) is 1. The van der Waals surface area contributed by atoms with Crippen LogP contribution in [0.4, 0.5) is 0 Å². The summed E-state index contributed by atoms with van der Waals surface area (Å²) in [7, 11) is 3.78. The minimum Gasteiger partial charge on any atom is -0.497 e. The van der Waals surface area contributed by atoms with Gasteiger partial charge in [0.2, 0.25) is 0 Å². The highest BCUT2D eigenvalue weighted by molar-refractivity contribution is 5.27. The van der Waals surface area contributed by atoms with Crippen molar-refractivity contribution in [2.24, 2.45) is 0 Å². The molecule has 0 heterocycles. The molecule has 3 heteroatoms. The molecule has 2 atom stereocenters. The number of aliphatic hydroxyl groups is 1. The second-order valence-electron chi connectivity index (χ2n) is 5.18. The van der Waals surface area contributed by atoms with Gasteiger partial charge in [-0.25, -0.2) is 0 Å². The second-order valence-corrected chi connectivity index (χ2v) is 5.18. The highest BCUT2D eigenvalue weighted by Crippen LogP contribution is 2.23. The van der Waals surface area contributed by atoms with Crippen molar-refractivity contribution in [1.82, 2.24) is 4.90 Å². The normalized spacial score (nSPS) is 24.2. The summed E-state index contributed by atoms with van der Waals surface area (Å²) in [6.07, 6.45) is 4.27. The fraction of sp³-hybridized carbons (Fsp3) is 0.600. The van der Waals surface area contributed by atoms with Crippen molar-refractivity contribution in [3.05, 3.63) is 29.8 Å². The molecule has 0 aromatic heterocycles. The van der Waals surface area contributed by atoms with Crippen LogP contribution in [0.3, 0.4) is 0 Å². The van der Waals surface area contributed by atoms with E-state index >= 15 is 0 Å². The predicted molar refractivity (Wildman–Crippen MR) is 72.7 cm³/mol.